The molecule has 4 aromatic carbocycles. The maximum Gasteiger partial charge on any atom is 0.149 e. The molecule has 1 aliphatic heterocycles. The third kappa shape index (κ3) is 2.82. The molecule has 1 nitrogen and oxygen atoms in total. The zero-order valence-corrected chi connectivity index (χ0v) is 16.5. The number of hydrogen-bond donors (Lipinski definition) is 0. The van der Waals surface area contributed by atoms with Crippen LogP contribution in [0.4, 0.5) is 0 Å². The van der Waals surface area contributed by atoms with Gasteiger partial charge in [0.1, 0.15) is 11.2 Å². The number of benzene rings is 4. The van der Waals surface area contributed by atoms with Crippen LogP contribution in [0.15, 0.2) is 121 Å². The van der Waals surface area contributed by atoms with Crippen molar-refractivity contribution in [1.29, 1.82) is 0 Å². The molecule has 1 atom stereocenters. The van der Waals surface area contributed by atoms with Gasteiger partial charge in [0.15, 0.2) is 0 Å². The second-order valence-electron chi connectivity index (χ2n) is 7.88. The maximum absolute atomic E-state index is 6.84. The smallest absolute Gasteiger partial charge is 0.149 e. The molecule has 1 aliphatic rings. The van der Waals surface area contributed by atoms with E-state index in [4.69, 9.17) is 4.74 Å². The third-order valence-electron chi connectivity index (χ3n) is 6.20. The SMILES string of the molecule is CC1(C(c2ccccc2)c2ccccc2)OC1(c1ccccc1)c1ccccc1. The van der Waals surface area contributed by atoms with Gasteiger partial charge in [-0.1, -0.05) is 121 Å². The predicted octanol–water partition coefficient (Wildman–Crippen LogP) is 6.55. The molecule has 0 saturated carbocycles. The van der Waals surface area contributed by atoms with E-state index in [0.717, 1.165) is 0 Å². The highest BCUT2D eigenvalue weighted by Crippen LogP contribution is 2.66. The first kappa shape index (κ1) is 17.9. The first-order chi connectivity index (χ1) is 14.3. The summed E-state index contributed by atoms with van der Waals surface area (Å²) in [5.41, 5.74) is 4.06. The summed E-state index contributed by atoms with van der Waals surface area (Å²) in [5, 5.41) is 0. The minimum Gasteiger partial charge on any atom is -0.352 e. The van der Waals surface area contributed by atoms with Crippen molar-refractivity contribution < 1.29 is 4.74 Å². The van der Waals surface area contributed by atoms with Crippen LogP contribution in [0, 0.1) is 0 Å². The number of epoxide rings is 1. The number of hydrogen-bond acceptors (Lipinski definition) is 1. The largest absolute Gasteiger partial charge is 0.352 e. The lowest BCUT2D eigenvalue weighted by molar-refractivity contribution is 0.273. The average Bonchev–Trinajstić information content (AvgIpc) is 3.44. The minimum atomic E-state index is -0.480. The lowest BCUT2D eigenvalue weighted by atomic mass is 9.71. The van der Waals surface area contributed by atoms with Crippen LogP contribution in [0.25, 0.3) is 0 Å². The van der Waals surface area contributed by atoms with E-state index in [9.17, 15) is 0 Å². The fourth-order valence-electron chi connectivity index (χ4n) is 4.88. The molecule has 1 saturated heterocycles. The van der Waals surface area contributed by atoms with Crippen LogP contribution in [-0.2, 0) is 10.3 Å². The van der Waals surface area contributed by atoms with Gasteiger partial charge in [0, 0.05) is 5.92 Å². The minimum absolute atomic E-state index is 0.116. The van der Waals surface area contributed by atoms with Gasteiger partial charge in [0.2, 0.25) is 0 Å². The highest BCUT2D eigenvalue weighted by Gasteiger charge is 2.72. The molecule has 0 radical (unpaired) electrons. The lowest BCUT2D eigenvalue weighted by Gasteiger charge is -2.27. The lowest BCUT2D eigenvalue weighted by Crippen LogP contribution is -2.30. The summed E-state index contributed by atoms with van der Waals surface area (Å²) in [4.78, 5) is 0. The van der Waals surface area contributed by atoms with Crippen molar-refractivity contribution >= 4 is 0 Å². The van der Waals surface area contributed by atoms with Gasteiger partial charge in [-0.25, -0.2) is 0 Å². The number of rotatable bonds is 5. The monoisotopic (exact) mass is 376 g/mol. The van der Waals surface area contributed by atoms with Crippen molar-refractivity contribution in [2.24, 2.45) is 0 Å². The van der Waals surface area contributed by atoms with Crippen LogP contribution < -0.4 is 0 Å². The second kappa shape index (κ2) is 7.02. The summed E-state index contributed by atoms with van der Waals surface area (Å²) in [6, 6.07) is 42.7. The quantitative estimate of drug-likeness (QED) is 0.360. The first-order valence-electron chi connectivity index (χ1n) is 10.2. The Hall–Kier alpha value is -3.16. The predicted molar refractivity (Wildman–Crippen MR) is 118 cm³/mol. The van der Waals surface area contributed by atoms with Gasteiger partial charge in [0.05, 0.1) is 0 Å². The molecule has 0 aliphatic carbocycles. The molecule has 1 unspecified atom stereocenters. The molecular formula is C28H24O. The Morgan fingerprint density at radius 2 is 0.862 bits per heavy atom. The Morgan fingerprint density at radius 1 is 0.517 bits per heavy atom. The van der Waals surface area contributed by atoms with Crippen LogP contribution in [0.2, 0.25) is 0 Å². The van der Waals surface area contributed by atoms with Crippen molar-refractivity contribution in [2.45, 2.75) is 24.0 Å². The molecule has 5 rings (SSSR count). The fourth-order valence-corrected chi connectivity index (χ4v) is 4.88. The molecule has 0 bridgehead atoms. The summed E-state index contributed by atoms with van der Waals surface area (Å²) in [6.45, 7) is 2.26. The summed E-state index contributed by atoms with van der Waals surface area (Å²) in [6.07, 6.45) is 0. The van der Waals surface area contributed by atoms with E-state index in [1.165, 1.54) is 22.3 Å². The van der Waals surface area contributed by atoms with Crippen molar-refractivity contribution in [3.8, 4) is 0 Å². The zero-order valence-electron chi connectivity index (χ0n) is 16.5. The van der Waals surface area contributed by atoms with Crippen LogP contribution in [0.1, 0.15) is 35.1 Å². The summed E-state index contributed by atoms with van der Waals surface area (Å²) < 4.78 is 6.84. The molecule has 0 N–H and O–H groups in total. The zero-order chi connectivity index (χ0) is 19.7. The molecule has 29 heavy (non-hydrogen) atoms. The van der Waals surface area contributed by atoms with Crippen molar-refractivity contribution in [3.63, 3.8) is 0 Å². The van der Waals surface area contributed by atoms with Crippen LogP contribution >= 0.6 is 0 Å². The molecule has 4 aromatic rings. The van der Waals surface area contributed by atoms with Crippen molar-refractivity contribution in [1.82, 2.24) is 0 Å². The van der Waals surface area contributed by atoms with Crippen molar-refractivity contribution in [3.05, 3.63) is 144 Å². The molecule has 1 fully saturated rings. The molecule has 142 valence electrons. The van der Waals surface area contributed by atoms with Crippen LogP contribution in [-0.4, -0.2) is 5.60 Å². The Balaban J connectivity index is 1.72. The Kier molecular flexibility index (Phi) is 4.34. The average molecular weight is 376 g/mol. The van der Waals surface area contributed by atoms with E-state index >= 15 is 0 Å². The van der Waals surface area contributed by atoms with Crippen LogP contribution in [0.3, 0.4) is 0 Å². The standard InChI is InChI=1S/C28H24O/c1-27(26(22-14-6-2-7-15-22)23-16-8-3-9-17-23)28(29-27,24-18-10-4-11-19-24)25-20-12-5-13-21-25/h2-21,26H,1H3. The highest BCUT2D eigenvalue weighted by atomic mass is 16.6. The molecule has 0 spiro atoms. The molecule has 1 heterocycles. The number of ether oxygens (including phenoxy) is 1. The molecule has 0 amide bonds. The van der Waals surface area contributed by atoms with Gasteiger partial charge in [-0.15, -0.1) is 0 Å². The first-order valence-corrected chi connectivity index (χ1v) is 10.2. The third-order valence-corrected chi connectivity index (χ3v) is 6.20. The molecule has 1 heteroatoms. The van der Waals surface area contributed by atoms with Gasteiger partial charge in [-0.2, -0.15) is 0 Å². The van der Waals surface area contributed by atoms with E-state index in [2.05, 4.69) is 128 Å². The van der Waals surface area contributed by atoms with E-state index in [1.807, 2.05) is 0 Å². The van der Waals surface area contributed by atoms with E-state index in [0.29, 0.717) is 0 Å². The molecule has 0 aromatic heterocycles. The summed E-state index contributed by atoms with van der Waals surface area (Å²) in [5.74, 6) is 0.116. The van der Waals surface area contributed by atoms with Gasteiger partial charge in [0.25, 0.3) is 0 Å². The molecular weight excluding hydrogens is 352 g/mol. The van der Waals surface area contributed by atoms with Gasteiger partial charge >= 0.3 is 0 Å². The van der Waals surface area contributed by atoms with Gasteiger partial charge in [-0.05, 0) is 29.2 Å². The maximum atomic E-state index is 6.84. The van der Waals surface area contributed by atoms with E-state index in [1.54, 1.807) is 0 Å². The van der Waals surface area contributed by atoms with Gasteiger partial charge < -0.3 is 4.74 Å². The van der Waals surface area contributed by atoms with Crippen molar-refractivity contribution in [2.75, 3.05) is 0 Å². The van der Waals surface area contributed by atoms with Crippen LogP contribution in [0.5, 0.6) is 0 Å². The fraction of sp³-hybridized carbons (Fsp3) is 0.143. The summed E-state index contributed by atoms with van der Waals surface area (Å²) >= 11 is 0. The topological polar surface area (TPSA) is 12.5 Å². The summed E-state index contributed by atoms with van der Waals surface area (Å²) in [7, 11) is 0. The Morgan fingerprint density at radius 3 is 1.24 bits per heavy atom. The highest BCUT2D eigenvalue weighted by molar-refractivity contribution is 5.52. The Labute approximate surface area is 172 Å². The van der Waals surface area contributed by atoms with Gasteiger partial charge in [-0.3, -0.25) is 0 Å². The normalized spacial score (nSPS) is 19.8. The second-order valence-corrected chi connectivity index (χ2v) is 7.88. The van der Waals surface area contributed by atoms with E-state index < -0.39 is 11.2 Å². The Bertz CT molecular complexity index is 995. The van der Waals surface area contributed by atoms with E-state index in [-0.39, 0.29) is 5.92 Å².